The first-order valence-electron chi connectivity index (χ1n) is 10.2. The number of aryl methyl sites for hydroxylation is 1. The molecule has 0 unspecified atom stereocenters. The van der Waals surface area contributed by atoms with Gasteiger partial charge in [-0.05, 0) is 42.3 Å². The van der Waals surface area contributed by atoms with Crippen LogP contribution in [0.4, 0.5) is 5.69 Å². The minimum absolute atomic E-state index is 0.119. The van der Waals surface area contributed by atoms with Gasteiger partial charge in [0, 0.05) is 47.5 Å². The van der Waals surface area contributed by atoms with Crippen LogP contribution in [0.3, 0.4) is 0 Å². The first kappa shape index (κ1) is 20.8. The summed E-state index contributed by atoms with van der Waals surface area (Å²) in [6.45, 7) is 5.15. The maximum atomic E-state index is 13.3. The minimum Gasteiger partial charge on any atom is -0.368 e. The van der Waals surface area contributed by atoms with Crippen molar-refractivity contribution in [3.8, 4) is 0 Å². The van der Waals surface area contributed by atoms with Crippen LogP contribution in [0.5, 0.6) is 0 Å². The van der Waals surface area contributed by atoms with Crippen LogP contribution >= 0.6 is 23.4 Å². The molecule has 1 saturated heterocycles. The third kappa shape index (κ3) is 4.82. The molecule has 0 radical (unpaired) electrons. The summed E-state index contributed by atoms with van der Waals surface area (Å²) < 4.78 is 0. The second-order valence-electron chi connectivity index (χ2n) is 7.48. The Bertz CT molecular complexity index is 1020. The monoisotopic (exact) mass is 436 g/mol. The van der Waals surface area contributed by atoms with Gasteiger partial charge in [0.15, 0.2) is 0 Å². The SMILES string of the molecule is Cc1ccc(Cl)cc1N1CCN(C(=O)c2ccccc2SCc2ccccc2)CC1. The highest BCUT2D eigenvalue weighted by Gasteiger charge is 2.24. The van der Waals surface area contributed by atoms with Gasteiger partial charge in [-0.3, -0.25) is 4.79 Å². The number of hydrogen-bond donors (Lipinski definition) is 0. The molecule has 1 aliphatic heterocycles. The maximum Gasteiger partial charge on any atom is 0.255 e. The Morgan fingerprint density at radius 2 is 1.63 bits per heavy atom. The van der Waals surface area contributed by atoms with Crippen molar-refractivity contribution in [3.05, 3.63) is 94.5 Å². The molecule has 0 aliphatic carbocycles. The van der Waals surface area contributed by atoms with Crippen molar-refractivity contribution in [1.29, 1.82) is 0 Å². The smallest absolute Gasteiger partial charge is 0.255 e. The summed E-state index contributed by atoms with van der Waals surface area (Å²) in [5.74, 6) is 0.973. The van der Waals surface area contributed by atoms with E-state index in [-0.39, 0.29) is 5.91 Å². The molecule has 1 amide bonds. The zero-order valence-corrected chi connectivity index (χ0v) is 18.6. The molecule has 1 fully saturated rings. The van der Waals surface area contributed by atoms with Crippen LogP contribution in [-0.2, 0) is 5.75 Å². The molecule has 0 N–H and O–H groups in total. The quantitative estimate of drug-likeness (QED) is 0.465. The van der Waals surface area contributed by atoms with Crippen molar-refractivity contribution < 1.29 is 4.79 Å². The largest absolute Gasteiger partial charge is 0.368 e. The third-order valence-electron chi connectivity index (χ3n) is 5.43. The van der Waals surface area contributed by atoms with Gasteiger partial charge in [0.05, 0.1) is 5.56 Å². The Kier molecular flexibility index (Phi) is 6.66. The molecule has 0 aromatic heterocycles. The second kappa shape index (κ2) is 9.59. The first-order valence-corrected chi connectivity index (χ1v) is 11.5. The van der Waals surface area contributed by atoms with Crippen LogP contribution in [0.2, 0.25) is 5.02 Å². The van der Waals surface area contributed by atoms with Gasteiger partial charge in [-0.25, -0.2) is 0 Å². The molecule has 4 rings (SSSR count). The van der Waals surface area contributed by atoms with Gasteiger partial charge in [0.25, 0.3) is 5.91 Å². The number of rotatable bonds is 5. The summed E-state index contributed by atoms with van der Waals surface area (Å²) in [4.78, 5) is 18.6. The van der Waals surface area contributed by atoms with Crippen LogP contribution in [0.15, 0.2) is 77.7 Å². The van der Waals surface area contributed by atoms with E-state index in [9.17, 15) is 4.79 Å². The lowest BCUT2D eigenvalue weighted by atomic mass is 10.1. The van der Waals surface area contributed by atoms with E-state index < -0.39 is 0 Å². The zero-order valence-electron chi connectivity index (χ0n) is 17.1. The standard InChI is InChI=1S/C25H25ClN2OS/c1-19-11-12-21(26)17-23(19)27-13-15-28(16-14-27)25(29)22-9-5-6-10-24(22)30-18-20-7-3-2-4-8-20/h2-12,17H,13-16,18H2,1H3. The molecule has 3 aromatic carbocycles. The van der Waals surface area contributed by atoms with Gasteiger partial charge < -0.3 is 9.80 Å². The Balaban J connectivity index is 1.42. The van der Waals surface area contributed by atoms with Crippen molar-refractivity contribution in [2.75, 3.05) is 31.1 Å². The van der Waals surface area contributed by atoms with Gasteiger partial charge in [-0.2, -0.15) is 0 Å². The van der Waals surface area contributed by atoms with E-state index in [1.54, 1.807) is 11.8 Å². The van der Waals surface area contributed by atoms with Crippen LogP contribution in [0, 0.1) is 6.92 Å². The van der Waals surface area contributed by atoms with Gasteiger partial charge in [-0.1, -0.05) is 60.1 Å². The molecule has 5 heteroatoms. The highest BCUT2D eigenvalue weighted by Crippen LogP contribution is 2.29. The molecule has 0 bridgehead atoms. The van der Waals surface area contributed by atoms with E-state index in [1.165, 1.54) is 11.1 Å². The van der Waals surface area contributed by atoms with Gasteiger partial charge in [0.1, 0.15) is 0 Å². The zero-order chi connectivity index (χ0) is 20.9. The highest BCUT2D eigenvalue weighted by atomic mass is 35.5. The number of nitrogens with zero attached hydrogens (tertiary/aromatic N) is 2. The van der Waals surface area contributed by atoms with Crippen molar-refractivity contribution in [2.45, 2.75) is 17.6 Å². The lowest BCUT2D eigenvalue weighted by Crippen LogP contribution is -2.49. The molecular weight excluding hydrogens is 412 g/mol. The fraction of sp³-hybridized carbons (Fsp3) is 0.240. The van der Waals surface area contributed by atoms with Crippen LogP contribution < -0.4 is 4.90 Å². The summed E-state index contributed by atoms with van der Waals surface area (Å²) in [5.41, 5.74) is 4.43. The molecule has 0 atom stereocenters. The van der Waals surface area contributed by atoms with E-state index in [4.69, 9.17) is 11.6 Å². The van der Waals surface area contributed by atoms with Crippen LogP contribution in [0.25, 0.3) is 0 Å². The molecule has 0 saturated carbocycles. The number of anilines is 1. The van der Waals surface area contributed by atoms with Crippen molar-refractivity contribution >= 4 is 35.0 Å². The molecular formula is C25H25ClN2OS. The van der Waals surface area contributed by atoms with E-state index in [2.05, 4.69) is 30.0 Å². The molecule has 154 valence electrons. The predicted molar refractivity (Wildman–Crippen MR) is 127 cm³/mol. The highest BCUT2D eigenvalue weighted by molar-refractivity contribution is 7.98. The fourth-order valence-corrected chi connectivity index (χ4v) is 4.92. The number of hydrogen-bond acceptors (Lipinski definition) is 3. The van der Waals surface area contributed by atoms with Crippen LogP contribution in [0.1, 0.15) is 21.5 Å². The average molecular weight is 437 g/mol. The van der Waals surface area contributed by atoms with Gasteiger partial charge >= 0.3 is 0 Å². The van der Waals surface area contributed by atoms with Crippen molar-refractivity contribution in [3.63, 3.8) is 0 Å². The van der Waals surface area contributed by atoms with E-state index in [0.717, 1.165) is 40.0 Å². The van der Waals surface area contributed by atoms with Crippen LogP contribution in [-0.4, -0.2) is 37.0 Å². The Morgan fingerprint density at radius 3 is 2.40 bits per heavy atom. The third-order valence-corrected chi connectivity index (χ3v) is 6.81. The Labute approximate surface area is 187 Å². The number of halogens is 1. The average Bonchev–Trinajstić information content (AvgIpc) is 2.80. The summed E-state index contributed by atoms with van der Waals surface area (Å²) >= 11 is 7.91. The lowest BCUT2D eigenvalue weighted by molar-refractivity contribution is 0.0743. The molecule has 1 aliphatic rings. The normalized spacial score (nSPS) is 14.1. The maximum absolute atomic E-state index is 13.3. The number of piperazine rings is 1. The number of amides is 1. The molecule has 3 nitrogen and oxygen atoms in total. The summed E-state index contributed by atoms with van der Waals surface area (Å²) in [5, 5.41) is 0.749. The van der Waals surface area contributed by atoms with Crippen molar-refractivity contribution in [1.82, 2.24) is 4.90 Å². The summed E-state index contributed by atoms with van der Waals surface area (Å²) in [6.07, 6.45) is 0. The Hall–Kier alpha value is -2.43. The minimum atomic E-state index is 0.119. The van der Waals surface area contributed by atoms with E-state index >= 15 is 0 Å². The topological polar surface area (TPSA) is 23.6 Å². The first-order chi connectivity index (χ1) is 14.6. The molecule has 30 heavy (non-hydrogen) atoms. The lowest BCUT2D eigenvalue weighted by Gasteiger charge is -2.37. The Morgan fingerprint density at radius 1 is 0.933 bits per heavy atom. The van der Waals surface area contributed by atoms with E-state index in [1.807, 2.05) is 59.5 Å². The number of carbonyl (C=O) groups excluding carboxylic acids is 1. The summed E-state index contributed by atoms with van der Waals surface area (Å²) in [6, 6.07) is 24.3. The fourth-order valence-electron chi connectivity index (χ4n) is 3.75. The number of carbonyl (C=O) groups is 1. The van der Waals surface area contributed by atoms with Crippen molar-refractivity contribution in [2.24, 2.45) is 0 Å². The molecule has 1 heterocycles. The molecule has 0 spiro atoms. The predicted octanol–water partition coefficient (Wildman–Crippen LogP) is 5.90. The summed E-state index contributed by atoms with van der Waals surface area (Å²) in [7, 11) is 0. The number of benzene rings is 3. The molecule has 3 aromatic rings. The van der Waals surface area contributed by atoms with Gasteiger partial charge in [-0.15, -0.1) is 11.8 Å². The second-order valence-corrected chi connectivity index (χ2v) is 8.93. The van der Waals surface area contributed by atoms with Gasteiger partial charge in [0.2, 0.25) is 0 Å². The number of thioether (sulfide) groups is 1. The van der Waals surface area contributed by atoms with E-state index in [0.29, 0.717) is 13.1 Å².